The van der Waals surface area contributed by atoms with Gasteiger partial charge in [-0.15, -0.1) is 6.58 Å². The van der Waals surface area contributed by atoms with Crippen molar-refractivity contribution in [3.05, 3.63) is 12.7 Å². The van der Waals surface area contributed by atoms with E-state index in [2.05, 4.69) is 11.3 Å². The van der Waals surface area contributed by atoms with Gasteiger partial charge in [0.2, 0.25) is 0 Å². The summed E-state index contributed by atoms with van der Waals surface area (Å²) < 4.78 is 78.2. The summed E-state index contributed by atoms with van der Waals surface area (Å²) in [7, 11) is 0.456. The van der Waals surface area contributed by atoms with Gasteiger partial charge in [-0.3, -0.25) is 4.79 Å². The number of halogens is 6. The smallest absolute Gasteiger partial charge is 0.414 e. The molecule has 0 aromatic rings. The van der Waals surface area contributed by atoms with Gasteiger partial charge in [0.05, 0.1) is 7.11 Å². The lowest BCUT2D eigenvalue weighted by atomic mass is 9.82. The molecule has 0 spiro atoms. The molecule has 94 valence electrons. The van der Waals surface area contributed by atoms with Crippen molar-refractivity contribution in [1.82, 2.24) is 0 Å². The Kier molecular flexibility index (Phi) is 4.01. The van der Waals surface area contributed by atoms with Crippen molar-refractivity contribution < 1.29 is 35.9 Å². The predicted octanol–water partition coefficient (Wildman–Crippen LogP) is 2.85. The Morgan fingerprint density at radius 1 is 1.19 bits per heavy atom. The molecule has 0 heterocycles. The van der Waals surface area contributed by atoms with Crippen molar-refractivity contribution in [2.24, 2.45) is 5.41 Å². The Morgan fingerprint density at radius 3 is 1.75 bits per heavy atom. The predicted molar refractivity (Wildman–Crippen MR) is 41.4 cm³/mol. The molecule has 0 atom stereocenters. The monoisotopic (exact) mass is 250 g/mol. The highest BCUT2D eigenvalue weighted by Gasteiger charge is 2.75. The van der Waals surface area contributed by atoms with Gasteiger partial charge in [-0.05, 0) is 6.42 Å². The third kappa shape index (κ3) is 2.14. The zero-order valence-corrected chi connectivity index (χ0v) is 8.08. The molecular weight excluding hydrogens is 242 g/mol. The summed E-state index contributed by atoms with van der Waals surface area (Å²) in [5.41, 5.74) is -4.55. The van der Waals surface area contributed by atoms with E-state index in [-0.39, 0.29) is 0 Å². The fraction of sp³-hybridized carbons (Fsp3) is 0.625. The molecule has 0 amide bonds. The zero-order chi connectivity index (χ0) is 13.2. The molecular formula is C8H8F6O2. The van der Waals surface area contributed by atoms with Crippen LogP contribution in [0.1, 0.15) is 6.42 Å². The van der Waals surface area contributed by atoms with Crippen LogP contribution in [0.3, 0.4) is 0 Å². The van der Waals surface area contributed by atoms with Gasteiger partial charge in [-0.2, -0.15) is 26.3 Å². The Balaban J connectivity index is 5.79. The molecule has 0 bridgehead atoms. The molecule has 16 heavy (non-hydrogen) atoms. The minimum absolute atomic E-state index is 0.373. The maximum absolute atomic E-state index is 12.4. The van der Waals surface area contributed by atoms with Gasteiger partial charge in [0.25, 0.3) is 5.41 Å². The first-order valence-corrected chi connectivity index (χ1v) is 3.87. The number of allylic oxidation sites excluding steroid dienone is 1. The maximum atomic E-state index is 12.4. The number of alkyl halides is 6. The van der Waals surface area contributed by atoms with Gasteiger partial charge in [0.15, 0.2) is 0 Å². The first kappa shape index (κ1) is 14.8. The highest BCUT2D eigenvalue weighted by molar-refractivity contribution is 5.79. The molecule has 0 aliphatic heterocycles. The Morgan fingerprint density at radius 2 is 1.56 bits per heavy atom. The summed E-state index contributed by atoms with van der Waals surface area (Å²) in [6.07, 6.45) is -12.8. The molecule has 0 fully saturated rings. The van der Waals surface area contributed by atoms with Crippen molar-refractivity contribution in [2.75, 3.05) is 7.11 Å². The fourth-order valence-electron chi connectivity index (χ4n) is 1.10. The number of methoxy groups -OCH3 is 1. The fourth-order valence-corrected chi connectivity index (χ4v) is 1.10. The highest BCUT2D eigenvalue weighted by Crippen LogP contribution is 2.53. The Labute approximate surface area is 86.9 Å². The van der Waals surface area contributed by atoms with Crippen LogP contribution in [-0.4, -0.2) is 25.4 Å². The second-order valence-corrected chi connectivity index (χ2v) is 2.89. The van der Waals surface area contributed by atoms with Crippen LogP contribution < -0.4 is 0 Å². The lowest BCUT2D eigenvalue weighted by molar-refractivity contribution is -0.330. The summed E-state index contributed by atoms with van der Waals surface area (Å²) in [4.78, 5) is 10.8. The summed E-state index contributed by atoms with van der Waals surface area (Å²) in [5, 5.41) is 0. The average Bonchev–Trinajstić information content (AvgIpc) is 2.08. The summed E-state index contributed by atoms with van der Waals surface area (Å²) in [5.74, 6) is -2.40. The third-order valence-corrected chi connectivity index (χ3v) is 1.95. The minimum atomic E-state index is -5.80. The topological polar surface area (TPSA) is 26.3 Å². The molecule has 0 aliphatic rings. The molecule has 0 rings (SSSR count). The quantitative estimate of drug-likeness (QED) is 0.437. The van der Waals surface area contributed by atoms with E-state index >= 15 is 0 Å². The number of rotatable bonds is 3. The second-order valence-electron chi connectivity index (χ2n) is 2.89. The standard InChI is InChI=1S/C8H8F6O2/c1-3-4-6(5(15)16-2,7(9,10)11)8(12,13)14/h3H,1,4H2,2H3. The van der Waals surface area contributed by atoms with Crippen LogP contribution in [0.15, 0.2) is 12.7 Å². The number of esters is 1. The Hall–Kier alpha value is -1.21. The van der Waals surface area contributed by atoms with E-state index in [4.69, 9.17) is 0 Å². The highest BCUT2D eigenvalue weighted by atomic mass is 19.4. The molecule has 2 nitrogen and oxygen atoms in total. The van der Waals surface area contributed by atoms with E-state index in [0.717, 1.165) is 0 Å². The largest absolute Gasteiger partial charge is 0.468 e. The number of hydrogen-bond acceptors (Lipinski definition) is 2. The van der Waals surface area contributed by atoms with Crippen LogP contribution in [0.25, 0.3) is 0 Å². The summed E-state index contributed by atoms with van der Waals surface area (Å²) in [6, 6.07) is 0. The third-order valence-electron chi connectivity index (χ3n) is 1.95. The lowest BCUT2D eigenvalue weighted by Crippen LogP contribution is -2.55. The van der Waals surface area contributed by atoms with Crippen LogP contribution in [0.4, 0.5) is 26.3 Å². The van der Waals surface area contributed by atoms with E-state index in [0.29, 0.717) is 13.2 Å². The van der Waals surface area contributed by atoms with E-state index < -0.39 is 30.2 Å². The summed E-state index contributed by atoms with van der Waals surface area (Å²) >= 11 is 0. The molecule has 0 saturated heterocycles. The van der Waals surface area contributed by atoms with Crippen LogP contribution in [0.2, 0.25) is 0 Å². The molecule has 0 radical (unpaired) electrons. The molecule has 0 unspecified atom stereocenters. The van der Waals surface area contributed by atoms with Crippen LogP contribution in [0.5, 0.6) is 0 Å². The summed E-state index contributed by atoms with van der Waals surface area (Å²) in [6.45, 7) is 2.78. The van der Waals surface area contributed by atoms with Crippen LogP contribution >= 0.6 is 0 Å². The molecule has 0 N–H and O–H groups in total. The lowest BCUT2D eigenvalue weighted by Gasteiger charge is -2.33. The van der Waals surface area contributed by atoms with Gasteiger partial charge in [-0.1, -0.05) is 6.08 Å². The normalized spacial score (nSPS) is 13.4. The molecule has 0 aromatic carbocycles. The maximum Gasteiger partial charge on any atom is 0.414 e. The van der Waals surface area contributed by atoms with Gasteiger partial charge in [0.1, 0.15) is 0 Å². The van der Waals surface area contributed by atoms with E-state index in [1.165, 1.54) is 0 Å². The zero-order valence-electron chi connectivity index (χ0n) is 8.08. The molecule has 8 heteroatoms. The van der Waals surface area contributed by atoms with Gasteiger partial charge in [0, 0.05) is 0 Å². The first-order chi connectivity index (χ1) is 7.04. The second kappa shape index (κ2) is 4.34. The van der Waals surface area contributed by atoms with Crippen molar-refractivity contribution in [3.63, 3.8) is 0 Å². The SMILES string of the molecule is C=CCC(C(=O)OC)(C(F)(F)F)C(F)(F)F. The first-order valence-electron chi connectivity index (χ1n) is 3.87. The molecule has 0 aliphatic carbocycles. The van der Waals surface area contributed by atoms with Crippen molar-refractivity contribution in [2.45, 2.75) is 18.8 Å². The van der Waals surface area contributed by atoms with Gasteiger partial charge in [-0.25, -0.2) is 0 Å². The van der Waals surface area contributed by atoms with Gasteiger partial charge < -0.3 is 4.74 Å². The van der Waals surface area contributed by atoms with Crippen molar-refractivity contribution in [3.8, 4) is 0 Å². The van der Waals surface area contributed by atoms with E-state index in [1.54, 1.807) is 0 Å². The Bertz CT molecular complexity index is 263. The molecule has 0 aromatic heterocycles. The van der Waals surface area contributed by atoms with Gasteiger partial charge >= 0.3 is 18.3 Å². The van der Waals surface area contributed by atoms with Crippen LogP contribution in [-0.2, 0) is 9.53 Å². The van der Waals surface area contributed by atoms with E-state index in [9.17, 15) is 31.1 Å². The number of carbonyl (C=O) groups excluding carboxylic acids is 1. The number of hydrogen-bond donors (Lipinski definition) is 0. The minimum Gasteiger partial charge on any atom is -0.468 e. The van der Waals surface area contributed by atoms with Crippen LogP contribution in [0, 0.1) is 5.41 Å². The molecule has 0 saturated carbocycles. The van der Waals surface area contributed by atoms with E-state index in [1.807, 2.05) is 0 Å². The number of ether oxygens (including phenoxy) is 1. The number of carbonyl (C=O) groups is 1. The average molecular weight is 250 g/mol. The van der Waals surface area contributed by atoms with Crippen molar-refractivity contribution in [1.29, 1.82) is 0 Å². The van der Waals surface area contributed by atoms with Crippen molar-refractivity contribution >= 4 is 5.97 Å².